The monoisotopic (exact) mass is 604 g/mol. The molecule has 10 nitrogen and oxygen atoms in total. The maximum atomic E-state index is 15.1. The van der Waals surface area contributed by atoms with E-state index in [-0.39, 0.29) is 29.3 Å². The van der Waals surface area contributed by atoms with Crippen molar-refractivity contribution in [3.05, 3.63) is 59.8 Å². The third kappa shape index (κ3) is 5.95. The van der Waals surface area contributed by atoms with Crippen LogP contribution in [-0.4, -0.2) is 71.7 Å². The topological polar surface area (TPSA) is 101 Å². The van der Waals surface area contributed by atoms with E-state index in [0.717, 1.165) is 31.3 Å². The second-order valence-electron chi connectivity index (χ2n) is 13.0. The highest BCUT2D eigenvalue weighted by molar-refractivity contribution is 5.84. The number of benzene rings is 1. The largest absolute Gasteiger partial charge is 0.444 e. The van der Waals surface area contributed by atoms with Crippen molar-refractivity contribution >= 4 is 28.9 Å². The molecule has 2 fully saturated rings. The molecule has 12 heteroatoms. The zero-order valence-electron chi connectivity index (χ0n) is 25.9. The molecule has 1 aromatic carbocycles. The Morgan fingerprint density at radius 1 is 1.07 bits per heavy atom. The molecule has 0 unspecified atom stereocenters. The van der Waals surface area contributed by atoms with E-state index in [1.165, 1.54) is 12.1 Å². The van der Waals surface area contributed by atoms with Crippen molar-refractivity contribution in [2.75, 3.05) is 25.0 Å². The fourth-order valence-corrected chi connectivity index (χ4v) is 6.23. The van der Waals surface area contributed by atoms with Gasteiger partial charge in [0.2, 0.25) is 5.95 Å². The number of nitrogens with one attached hydrogen (secondary N) is 1. The summed E-state index contributed by atoms with van der Waals surface area (Å²) < 4.78 is 37.5. The summed E-state index contributed by atoms with van der Waals surface area (Å²) in [5.74, 6) is 0.822. The predicted molar refractivity (Wildman–Crippen MR) is 163 cm³/mol. The minimum Gasteiger partial charge on any atom is -0.444 e. The molecular formula is C32H38F2N8O2. The standard InChI is InChI=1S/C32H38F2N8O2/c1-18(2)42-19(3)38-29-24(33)9-22(10-26(29)42)23-11-28(35-14-25(23)34)39-30-36-12-20(13-37-30)15-41-16-21-7-8-40(17-27(21)41)31(43)44-32(4,5)6/h9-14,18,21,27H,7-8,15-17H2,1-6H3,(H,35,36,37,39)/t21-,27-/m0/s1. The van der Waals surface area contributed by atoms with E-state index in [1.807, 2.05) is 46.1 Å². The van der Waals surface area contributed by atoms with Crippen LogP contribution < -0.4 is 5.32 Å². The highest BCUT2D eigenvalue weighted by atomic mass is 19.1. The van der Waals surface area contributed by atoms with Crippen LogP contribution in [0, 0.1) is 24.5 Å². The highest BCUT2D eigenvalue weighted by Gasteiger charge is 2.44. The van der Waals surface area contributed by atoms with Gasteiger partial charge >= 0.3 is 6.09 Å². The molecule has 2 atom stereocenters. The van der Waals surface area contributed by atoms with Crippen LogP contribution in [-0.2, 0) is 11.3 Å². The van der Waals surface area contributed by atoms with Gasteiger partial charge in [0.15, 0.2) is 5.82 Å². The van der Waals surface area contributed by atoms with Gasteiger partial charge in [0.1, 0.15) is 28.6 Å². The van der Waals surface area contributed by atoms with E-state index in [4.69, 9.17) is 4.74 Å². The summed E-state index contributed by atoms with van der Waals surface area (Å²) in [4.78, 5) is 34.1. The van der Waals surface area contributed by atoms with Crippen LogP contribution in [0.5, 0.6) is 0 Å². The van der Waals surface area contributed by atoms with E-state index in [0.29, 0.717) is 47.7 Å². The first-order chi connectivity index (χ1) is 20.9. The molecule has 4 aromatic rings. The number of piperidine rings is 1. The number of pyridine rings is 1. The molecule has 2 aliphatic rings. The number of hydrogen-bond donors (Lipinski definition) is 1. The number of imidazole rings is 1. The number of carbonyl (C=O) groups is 1. The number of likely N-dealkylation sites (tertiary alicyclic amines) is 2. The Labute approximate surface area is 255 Å². The summed E-state index contributed by atoms with van der Waals surface area (Å²) in [6.45, 7) is 14.5. The molecule has 2 saturated heterocycles. The van der Waals surface area contributed by atoms with E-state index < -0.39 is 17.2 Å². The molecule has 0 saturated carbocycles. The number of rotatable bonds is 6. The Morgan fingerprint density at radius 2 is 1.82 bits per heavy atom. The smallest absolute Gasteiger partial charge is 0.410 e. The van der Waals surface area contributed by atoms with E-state index in [9.17, 15) is 9.18 Å². The number of ether oxygens (including phenoxy) is 1. The highest BCUT2D eigenvalue weighted by Crippen LogP contribution is 2.35. The maximum Gasteiger partial charge on any atom is 0.410 e. The average Bonchev–Trinajstić information content (AvgIpc) is 3.29. The van der Waals surface area contributed by atoms with Crippen LogP contribution in [0.2, 0.25) is 0 Å². The molecule has 5 heterocycles. The van der Waals surface area contributed by atoms with Gasteiger partial charge in [-0.15, -0.1) is 0 Å². The minimum absolute atomic E-state index is 0.0615. The van der Waals surface area contributed by atoms with Crippen molar-refractivity contribution < 1.29 is 18.3 Å². The van der Waals surface area contributed by atoms with Crippen molar-refractivity contribution in [2.45, 2.75) is 72.2 Å². The number of aryl methyl sites for hydroxylation is 1. The molecule has 1 N–H and O–H groups in total. The van der Waals surface area contributed by atoms with E-state index in [2.05, 4.69) is 30.2 Å². The minimum atomic E-state index is -0.571. The lowest BCUT2D eigenvalue weighted by Gasteiger charge is -2.53. The van der Waals surface area contributed by atoms with Gasteiger partial charge in [-0.25, -0.2) is 33.5 Å². The van der Waals surface area contributed by atoms with Gasteiger partial charge in [-0.2, -0.15) is 0 Å². The molecule has 3 aromatic heterocycles. The van der Waals surface area contributed by atoms with Gasteiger partial charge in [0.25, 0.3) is 0 Å². The first-order valence-electron chi connectivity index (χ1n) is 15.0. The summed E-state index contributed by atoms with van der Waals surface area (Å²) in [5.41, 5.74) is 1.88. The van der Waals surface area contributed by atoms with Crippen LogP contribution in [0.1, 0.15) is 58.5 Å². The Hall–Kier alpha value is -4.19. The van der Waals surface area contributed by atoms with Crippen LogP contribution >= 0.6 is 0 Å². The van der Waals surface area contributed by atoms with Gasteiger partial charge in [0.05, 0.1) is 11.7 Å². The van der Waals surface area contributed by atoms with Crippen molar-refractivity contribution in [1.29, 1.82) is 0 Å². The predicted octanol–water partition coefficient (Wildman–Crippen LogP) is 6.24. The normalized spacial score (nSPS) is 18.8. The van der Waals surface area contributed by atoms with Gasteiger partial charge < -0.3 is 19.5 Å². The molecule has 6 rings (SSSR count). The van der Waals surface area contributed by atoms with Crippen molar-refractivity contribution in [3.8, 4) is 11.1 Å². The van der Waals surface area contributed by atoms with E-state index in [1.54, 1.807) is 23.4 Å². The van der Waals surface area contributed by atoms with Crippen LogP contribution in [0.25, 0.3) is 22.2 Å². The lowest BCUT2D eigenvalue weighted by Crippen LogP contribution is -2.64. The molecule has 0 aliphatic carbocycles. The lowest BCUT2D eigenvalue weighted by atomic mass is 9.82. The second-order valence-corrected chi connectivity index (χ2v) is 13.0. The van der Waals surface area contributed by atoms with Crippen molar-refractivity contribution in [3.63, 3.8) is 0 Å². The molecule has 44 heavy (non-hydrogen) atoms. The summed E-state index contributed by atoms with van der Waals surface area (Å²) in [6, 6.07) is 4.92. The fourth-order valence-electron chi connectivity index (χ4n) is 6.23. The summed E-state index contributed by atoms with van der Waals surface area (Å²) in [5, 5.41) is 3.03. The van der Waals surface area contributed by atoms with Gasteiger partial charge in [-0.3, -0.25) is 4.90 Å². The van der Waals surface area contributed by atoms with Crippen molar-refractivity contribution in [2.24, 2.45) is 5.92 Å². The SMILES string of the molecule is Cc1nc2c(F)cc(-c3cc(Nc4ncc(CN5C[C@@H]6CCN(C(=O)OC(C)(C)C)C[C@@H]65)cn4)ncc3F)cc2n1C(C)C. The quantitative estimate of drug-likeness (QED) is 0.276. The molecule has 0 spiro atoms. The number of fused-ring (bicyclic) bond motifs is 2. The zero-order valence-corrected chi connectivity index (χ0v) is 25.9. The molecule has 0 radical (unpaired) electrons. The number of nitrogens with zero attached hydrogens (tertiary/aromatic N) is 7. The van der Waals surface area contributed by atoms with E-state index >= 15 is 4.39 Å². The molecular weight excluding hydrogens is 566 g/mol. The fraction of sp³-hybridized carbons (Fsp3) is 0.469. The van der Waals surface area contributed by atoms with Crippen LogP contribution in [0.15, 0.2) is 36.8 Å². The Kier molecular flexibility index (Phi) is 7.73. The average molecular weight is 605 g/mol. The number of hydrogen-bond acceptors (Lipinski definition) is 8. The van der Waals surface area contributed by atoms with Crippen LogP contribution in [0.3, 0.4) is 0 Å². The number of anilines is 2. The third-order valence-corrected chi connectivity index (χ3v) is 8.25. The zero-order chi connectivity index (χ0) is 31.3. The Morgan fingerprint density at radius 3 is 2.52 bits per heavy atom. The molecule has 232 valence electrons. The molecule has 1 amide bonds. The number of carbonyl (C=O) groups excluding carboxylic acids is 1. The van der Waals surface area contributed by atoms with Crippen LogP contribution in [0.4, 0.5) is 25.3 Å². The van der Waals surface area contributed by atoms with Crippen molar-refractivity contribution in [1.82, 2.24) is 34.3 Å². The third-order valence-electron chi connectivity index (χ3n) is 8.25. The van der Waals surface area contributed by atoms with Gasteiger partial charge in [-0.05, 0) is 77.6 Å². The van der Waals surface area contributed by atoms with Gasteiger partial charge in [0, 0.05) is 61.8 Å². The maximum absolute atomic E-state index is 15.1. The first-order valence-corrected chi connectivity index (χ1v) is 15.0. The molecule has 2 aliphatic heterocycles. The molecule has 0 bridgehead atoms. The first kappa shape index (κ1) is 29.9. The number of amides is 1. The number of halogens is 2. The van der Waals surface area contributed by atoms with Gasteiger partial charge in [-0.1, -0.05) is 0 Å². The Bertz CT molecular complexity index is 1700. The number of aromatic nitrogens is 5. The lowest BCUT2D eigenvalue weighted by molar-refractivity contribution is -0.0557. The second kappa shape index (κ2) is 11.4. The Balaban J connectivity index is 1.13. The summed E-state index contributed by atoms with van der Waals surface area (Å²) in [7, 11) is 0. The summed E-state index contributed by atoms with van der Waals surface area (Å²) in [6.07, 6.45) is 5.31. The summed E-state index contributed by atoms with van der Waals surface area (Å²) >= 11 is 0.